The third-order valence-corrected chi connectivity index (χ3v) is 4.34. The number of aliphatic carboxylic acids is 1. The Labute approximate surface area is 120 Å². The van der Waals surface area contributed by atoms with Crippen molar-refractivity contribution in [2.45, 2.75) is 18.2 Å². The van der Waals surface area contributed by atoms with E-state index in [0.29, 0.717) is 6.61 Å². The molecule has 1 aromatic rings. The van der Waals surface area contributed by atoms with E-state index in [-0.39, 0.29) is 18.1 Å². The van der Waals surface area contributed by atoms with Crippen LogP contribution >= 0.6 is 23.1 Å². The van der Waals surface area contributed by atoms with E-state index in [2.05, 4.69) is 5.32 Å². The van der Waals surface area contributed by atoms with Crippen LogP contribution in [0.25, 0.3) is 0 Å². The third-order valence-electron chi connectivity index (χ3n) is 2.30. The highest BCUT2D eigenvalue weighted by atomic mass is 32.2. The molecule has 0 radical (unpaired) electrons. The fraction of sp³-hybridized carbons (Fsp3) is 0.500. The van der Waals surface area contributed by atoms with Gasteiger partial charge in [-0.15, -0.1) is 23.1 Å². The molecule has 0 aromatic carbocycles. The van der Waals surface area contributed by atoms with Gasteiger partial charge in [-0.3, -0.25) is 4.79 Å². The largest absolute Gasteiger partial charge is 0.480 e. The number of carboxylic acids is 1. The minimum absolute atomic E-state index is 0.259. The first-order chi connectivity index (χ1) is 9.13. The Hall–Kier alpha value is -1.05. The molecule has 1 aromatic heterocycles. The van der Waals surface area contributed by atoms with Crippen molar-refractivity contribution in [1.82, 2.24) is 5.32 Å². The van der Waals surface area contributed by atoms with Crippen molar-refractivity contribution in [2.24, 2.45) is 0 Å². The molecule has 1 rings (SSSR count). The number of rotatable bonds is 9. The number of nitrogens with one attached hydrogen (secondary N) is 1. The van der Waals surface area contributed by atoms with Crippen LogP contribution in [0.2, 0.25) is 0 Å². The Morgan fingerprint density at radius 3 is 2.95 bits per heavy atom. The van der Waals surface area contributed by atoms with Crippen molar-refractivity contribution >= 4 is 35.0 Å². The van der Waals surface area contributed by atoms with Gasteiger partial charge in [0.25, 0.3) is 0 Å². The molecule has 0 aliphatic carbocycles. The van der Waals surface area contributed by atoms with E-state index in [1.807, 2.05) is 17.5 Å². The fourth-order valence-electron chi connectivity index (χ4n) is 1.37. The first-order valence-corrected chi connectivity index (χ1v) is 7.78. The Morgan fingerprint density at radius 2 is 2.37 bits per heavy atom. The zero-order chi connectivity index (χ0) is 14.1. The van der Waals surface area contributed by atoms with E-state index in [9.17, 15) is 9.59 Å². The third kappa shape index (κ3) is 6.60. The Balaban J connectivity index is 2.25. The van der Waals surface area contributed by atoms with Gasteiger partial charge in [0.15, 0.2) is 0 Å². The van der Waals surface area contributed by atoms with Crippen LogP contribution < -0.4 is 5.32 Å². The van der Waals surface area contributed by atoms with E-state index in [4.69, 9.17) is 9.84 Å². The number of carboxylic acid groups (broad SMARTS) is 1. The average molecular weight is 303 g/mol. The van der Waals surface area contributed by atoms with Gasteiger partial charge in [-0.05, 0) is 11.4 Å². The van der Waals surface area contributed by atoms with E-state index >= 15 is 0 Å². The average Bonchev–Trinajstić information content (AvgIpc) is 2.87. The topological polar surface area (TPSA) is 75.6 Å². The van der Waals surface area contributed by atoms with Crippen LogP contribution in [0.15, 0.2) is 17.5 Å². The quantitative estimate of drug-likeness (QED) is 0.724. The minimum atomic E-state index is -1.03. The molecular weight excluding hydrogens is 286 g/mol. The fourth-order valence-corrected chi connectivity index (χ4v) is 3.05. The molecule has 0 fully saturated rings. The molecule has 7 heteroatoms. The molecule has 1 heterocycles. The summed E-state index contributed by atoms with van der Waals surface area (Å²) >= 11 is 3.11. The molecule has 0 aliphatic rings. The molecule has 19 heavy (non-hydrogen) atoms. The molecule has 0 bridgehead atoms. The number of hydrogen-bond acceptors (Lipinski definition) is 5. The normalized spacial score (nSPS) is 12.1. The number of amides is 1. The number of ether oxygens (including phenoxy) is 1. The van der Waals surface area contributed by atoms with Gasteiger partial charge in [0.2, 0.25) is 5.91 Å². The molecule has 106 valence electrons. The van der Waals surface area contributed by atoms with Gasteiger partial charge in [-0.25, -0.2) is 4.79 Å². The van der Waals surface area contributed by atoms with Crippen LogP contribution in [0.5, 0.6) is 0 Å². The van der Waals surface area contributed by atoms with Crippen LogP contribution in [0.1, 0.15) is 11.3 Å². The summed E-state index contributed by atoms with van der Waals surface area (Å²) in [6.45, 7) is 0.305. The summed E-state index contributed by atoms with van der Waals surface area (Å²) in [5.41, 5.74) is 0. The van der Waals surface area contributed by atoms with Crippen molar-refractivity contribution in [3.05, 3.63) is 22.4 Å². The van der Waals surface area contributed by atoms with Crippen molar-refractivity contribution < 1.29 is 19.4 Å². The summed E-state index contributed by atoms with van der Waals surface area (Å²) in [7, 11) is 1.50. The van der Waals surface area contributed by atoms with Crippen LogP contribution in [-0.2, 0) is 20.1 Å². The Morgan fingerprint density at radius 1 is 1.58 bits per heavy atom. The Kier molecular flexibility index (Phi) is 7.54. The molecular formula is C12H17NO4S2. The molecule has 1 atom stereocenters. The molecule has 0 aliphatic heterocycles. The van der Waals surface area contributed by atoms with Crippen molar-refractivity contribution in [2.75, 3.05) is 19.5 Å². The summed E-state index contributed by atoms with van der Waals surface area (Å²) in [6.07, 6.45) is 0.271. The number of carbonyl (C=O) groups excluding carboxylic acids is 1. The van der Waals surface area contributed by atoms with E-state index in [0.717, 1.165) is 5.75 Å². The first kappa shape index (κ1) is 16.0. The van der Waals surface area contributed by atoms with Crippen LogP contribution in [0, 0.1) is 0 Å². The predicted molar refractivity (Wildman–Crippen MR) is 76.5 cm³/mol. The lowest BCUT2D eigenvalue weighted by atomic mass is 10.2. The summed E-state index contributed by atoms with van der Waals surface area (Å²) in [5, 5.41) is 13.4. The van der Waals surface area contributed by atoms with Gasteiger partial charge in [-0.1, -0.05) is 6.07 Å². The molecule has 0 saturated carbocycles. The highest BCUT2D eigenvalue weighted by molar-refractivity contribution is 7.99. The molecule has 1 unspecified atom stereocenters. The lowest BCUT2D eigenvalue weighted by molar-refractivity contribution is -0.142. The Bertz CT molecular complexity index is 394. The number of thioether (sulfide) groups is 1. The molecule has 2 N–H and O–H groups in total. The van der Waals surface area contributed by atoms with E-state index in [1.54, 1.807) is 11.3 Å². The van der Waals surface area contributed by atoms with Crippen molar-refractivity contribution in [3.63, 3.8) is 0 Å². The van der Waals surface area contributed by atoms with Gasteiger partial charge in [-0.2, -0.15) is 0 Å². The molecule has 0 saturated heterocycles. The smallest absolute Gasteiger partial charge is 0.326 e. The molecule has 5 nitrogen and oxygen atoms in total. The summed E-state index contributed by atoms with van der Waals surface area (Å²) in [5.74, 6) is -0.269. The first-order valence-electron chi connectivity index (χ1n) is 5.74. The second-order valence-corrected chi connectivity index (χ2v) is 5.83. The van der Waals surface area contributed by atoms with E-state index in [1.165, 1.54) is 23.7 Å². The highest BCUT2D eigenvalue weighted by Gasteiger charge is 2.19. The lowest BCUT2D eigenvalue weighted by Gasteiger charge is -2.13. The van der Waals surface area contributed by atoms with Gasteiger partial charge < -0.3 is 15.2 Å². The van der Waals surface area contributed by atoms with Gasteiger partial charge >= 0.3 is 5.97 Å². The predicted octanol–water partition coefficient (Wildman–Crippen LogP) is 1.59. The maximum absolute atomic E-state index is 11.6. The number of hydrogen-bond donors (Lipinski definition) is 2. The van der Waals surface area contributed by atoms with Crippen molar-refractivity contribution in [3.8, 4) is 0 Å². The summed E-state index contributed by atoms with van der Waals surface area (Å²) in [4.78, 5) is 23.7. The summed E-state index contributed by atoms with van der Waals surface area (Å²) in [6, 6.07) is 3.09. The van der Waals surface area contributed by atoms with Gasteiger partial charge in [0, 0.05) is 30.8 Å². The summed E-state index contributed by atoms with van der Waals surface area (Å²) < 4.78 is 4.82. The highest BCUT2D eigenvalue weighted by Crippen LogP contribution is 2.16. The number of carbonyl (C=O) groups is 2. The SMILES string of the molecule is COCCC(NC(=O)CSCc1cccs1)C(=O)O. The van der Waals surface area contributed by atoms with Crippen LogP contribution in [-0.4, -0.2) is 42.5 Å². The molecule has 0 spiro atoms. The second kappa shape index (κ2) is 8.95. The monoisotopic (exact) mass is 303 g/mol. The number of methoxy groups -OCH3 is 1. The zero-order valence-electron chi connectivity index (χ0n) is 10.6. The van der Waals surface area contributed by atoms with E-state index < -0.39 is 12.0 Å². The maximum atomic E-state index is 11.6. The zero-order valence-corrected chi connectivity index (χ0v) is 12.3. The van der Waals surface area contributed by atoms with Gasteiger partial charge in [0.05, 0.1) is 5.75 Å². The number of thiophene rings is 1. The van der Waals surface area contributed by atoms with Crippen LogP contribution in [0.3, 0.4) is 0 Å². The maximum Gasteiger partial charge on any atom is 0.326 e. The minimum Gasteiger partial charge on any atom is -0.480 e. The van der Waals surface area contributed by atoms with Crippen LogP contribution in [0.4, 0.5) is 0 Å². The van der Waals surface area contributed by atoms with Gasteiger partial charge in [0.1, 0.15) is 6.04 Å². The molecule has 1 amide bonds. The standard InChI is InChI=1S/C12H17NO4S2/c1-17-5-4-10(12(15)16)13-11(14)8-18-7-9-3-2-6-19-9/h2-3,6,10H,4-5,7-8H2,1H3,(H,13,14)(H,15,16). The lowest BCUT2D eigenvalue weighted by Crippen LogP contribution is -2.42. The second-order valence-electron chi connectivity index (χ2n) is 3.81. The van der Waals surface area contributed by atoms with Crippen molar-refractivity contribution in [1.29, 1.82) is 0 Å².